The van der Waals surface area contributed by atoms with Gasteiger partial charge < -0.3 is 10.4 Å². The lowest BCUT2D eigenvalue weighted by atomic mass is 9.79. The summed E-state index contributed by atoms with van der Waals surface area (Å²) in [7, 11) is 0. The molecule has 0 spiro atoms. The molecular weight excluding hydrogens is 259 g/mol. The zero-order chi connectivity index (χ0) is 14.5. The highest BCUT2D eigenvalue weighted by molar-refractivity contribution is 5.70. The van der Waals surface area contributed by atoms with Crippen LogP contribution in [0.4, 0.5) is 4.39 Å². The van der Waals surface area contributed by atoms with E-state index in [0.717, 1.165) is 31.2 Å². The van der Waals surface area contributed by atoms with E-state index in [-0.39, 0.29) is 23.7 Å². The molecule has 1 fully saturated rings. The van der Waals surface area contributed by atoms with E-state index in [1.807, 2.05) is 6.92 Å². The predicted octanol–water partition coefficient (Wildman–Crippen LogP) is 2.76. The summed E-state index contributed by atoms with van der Waals surface area (Å²) in [6, 6.07) is 1.43. The van der Waals surface area contributed by atoms with Crippen LogP contribution in [-0.2, 0) is 4.79 Å². The number of aliphatic carboxylic acids is 1. The molecule has 20 heavy (non-hydrogen) atoms. The van der Waals surface area contributed by atoms with Crippen molar-refractivity contribution in [1.82, 2.24) is 10.3 Å². The Labute approximate surface area is 118 Å². The molecule has 3 atom stereocenters. The Hall–Kier alpha value is -1.49. The summed E-state index contributed by atoms with van der Waals surface area (Å²) in [4.78, 5) is 15.1. The summed E-state index contributed by atoms with van der Waals surface area (Å²) in [6.07, 6.45) is 6.60. The minimum absolute atomic E-state index is 0.0328. The van der Waals surface area contributed by atoms with Crippen LogP contribution in [0.1, 0.15) is 44.2 Å². The molecule has 1 aliphatic rings. The average Bonchev–Trinajstić information content (AvgIpc) is 2.45. The molecular formula is C15H21FN2O2. The molecule has 1 aromatic heterocycles. The Bertz CT molecular complexity index is 467. The fourth-order valence-electron chi connectivity index (χ4n) is 2.89. The first-order chi connectivity index (χ1) is 9.58. The monoisotopic (exact) mass is 280 g/mol. The topological polar surface area (TPSA) is 62.2 Å². The number of nitrogens with one attached hydrogen (secondary N) is 1. The highest BCUT2D eigenvalue weighted by Crippen LogP contribution is 2.30. The summed E-state index contributed by atoms with van der Waals surface area (Å²) in [6.45, 7) is 2.59. The Balaban J connectivity index is 1.91. The number of hydrogen-bond acceptors (Lipinski definition) is 3. The molecule has 3 unspecified atom stereocenters. The maximum absolute atomic E-state index is 13.1. The zero-order valence-electron chi connectivity index (χ0n) is 11.7. The van der Waals surface area contributed by atoms with Gasteiger partial charge in [-0.1, -0.05) is 12.8 Å². The molecule has 0 bridgehead atoms. The lowest BCUT2D eigenvalue weighted by Crippen LogP contribution is -2.35. The highest BCUT2D eigenvalue weighted by Gasteiger charge is 2.30. The van der Waals surface area contributed by atoms with E-state index < -0.39 is 5.97 Å². The predicted molar refractivity (Wildman–Crippen MR) is 73.7 cm³/mol. The van der Waals surface area contributed by atoms with Gasteiger partial charge in [-0.25, -0.2) is 4.39 Å². The third-order valence-corrected chi connectivity index (χ3v) is 4.14. The molecule has 2 rings (SSSR count). The van der Waals surface area contributed by atoms with Gasteiger partial charge in [-0.05, 0) is 43.9 Å². The summed E-state index contributed by atoms with van der Waals surface area (Å²) in [5.41, 5.74) is 0.785. The summed E-state index contributed by atoms with van der Waals surface area (Å²) in [5, 5.41) is 12.6. The molecule has 0 aromatic carbocycles. The van der Waals surface area contributed by atoms with Gasteiger partial charge in [0.05, 0.1) is 12.1 Å². The lowest BCUT2D eigenvalue weighted by molar-refractivity contribution is -0.144. The number of halogens is 1. The highest BCUT2D eigenvalue weighted by atomic mass is 19.1. The number of carboxylic acids is 1. The van der Waals surface area contributed by atoms with Gasteiger partial charge >= 0.3 is 5.97 Å². The number of pyridine rings is 1. The lowest BCUT2D eigenvalue weighted by Gasteiger charge is -2.29. The van der Waals surface area contributed by atoms with E-state index in [1.54, 1.807) is 6.20 Å². The smallest absolute Gasteiger partial charge is 0.306 e. The van der Waals surface area contributed by atoms with Crippen LogP contribution in [0.15, 0.2) is 18.5 Å². The normalized spacial score (nSPS) is 24.3. The van der Waals surface area contributed by atoms with Crippen molar-refractivity contribution in [3.05, 3.63) is 29.8 Å². The first kappa shape index (κ1) is 14.9. The number of aromatic nitrogens is 1. The van der Waals surface area contributed by atoms with Crippen LogP contribution < -0.4 is 5.32 Å². The maximum Gasteiger partial charge on any atom is 0.306 e. The third kappa shape index (κ3) is 3.76. The van der Waals surface area contributed by atoms with Crippen molar-refractivity contribution in [2.75, 3.05) is 6.54 Å². The quantitative estimate of drug-likeness (QED) is 0.870. The zero-order valence-corrected chi connectivity index (χ0v) is 11.7. The minimum Gasteiger partial charge on any atom is -0.481 e. The van der Waals surface area contributed by atoms with E-state index in [2.05, 4.69) is 10.3 Å². The van der Waals surface area contributed by atoms with Gasteiger partial charge in [0.1, 0.15) is 5.82 Å². The van der Waals surface area contributed by atoms with Crippen LogP contribution in [0.2, 0.25) is 0 Å². The minimum atomic E-state index is -0.698. The molecule has 110 valence electrons. The third-order valence-electron chi connectivity index (χ3n) is 4.14. The van der Waals surface area contributed by atoms with Crippen molar-refractivity contribution in [2.45, 2.75) is 38.6 Å². The van der Waals surface area contributed by atoms with Crippen LogP contribution in [0.3, 0.4) is 0 Å². The maximum atomic E-state index is 13.1. The second kappa shape index (κ2) is 6.79. The van der Waals surface area contributed by atoms with Crippen molar-refractivity contribution in [2.24, 2.45) is 11.8 Å². The number of nitrogens with zero attached hydrogens (tertiary/aromatic N) is 1. The first-order valence-corrected chi connectivity index (χ1v) is 7.14. The van der Waals surface area contributed by atoms with E-state index in [4.69, 9.17) is 0 Å². The van der Waals surface area contributed by atoms with Crippen molar-refractivity contribution in [3.63, 3.8) is 0 Å². The Morgan fingerprint density at radius 2 is 2.25 bits per heavy atom. The second-order valence-corrected chi connectivity index (χ2v) is 5.56. The molecule has 1 aliphatic carbocycles. The molecule has 0 aliphatic heterocycles. The van der Waals surface area contributed by atoms with Gasteiger partial charge in [-0.15, -0.1) is 0 Å². The van der Waals surface area contributed by atoms with Crippen LogP contribution in [0.5, 0.6) is 0 Å². The van der Waals surface area contributed by atoms with Gasteiger partial charge in [0.2, 0.25) is 0 Å². The van der Waals surface area contributed by atoms with Crippen LogP contribution in [0, 0.1) is 17.7 Å². The number of carboxylic acid groups (broad SMARTS) is 1. The molecule has 0 saturated heterocycles. The van der Waals surface area contributed by atoms with Crippen molar-refractivity contribution in [1.29, 1.82) is 0 Å². The summed E-state index contributed by atoms with van der Waals surface area (Å²) < 4.78 is 13.1. The molecule has 1 heterocycles. The fourth-order valence-corrected chi connectivity index (χ4v) is 2.89. The van der Waals surface area contributed by atoms with Crippen molar-refractivity contribution < 1.29 is 14.3 Å². The average molecular weight is 280 g/mol. The number of carbonyl (C=O) groups is 1. The molecule has 0 amide bonds. The second-order valence-electron chi connectivity index (χ2n) is 5.56. The molecule has 1 saturated carbocycles. The molecule has 2 N–H and O–H groups in total. The number of rotatable bonds is 5. The molecule has 1 aromatic rings. The number of hydrogen-bond donors (Lipinski definition) is 2. The van der Waals surface area contributed by atoms with Crippen LogP contribution >= 0.6 is 0 Å². The van der Waals surface area contributed by atoms with Crippen molar-refractivity contribution >= 4 is 5.97 Å². The van der Waals surface area contributed by atoms with Gasteiger partial charge in [-0.3, -0.25) is 9.78 Å². The molecule has 4 nitrogen and oxygen atoms in total. The largest absolute Gasteiger partial charge is 0.481 e. The van der Waals surface area contributed by atoms with Gasteiger partial charge in [-0.2, -0.15) is 0 Å². The molecule has 0 radical (unpaired) electrons. The summed E-state index contributed by atoms with van der Waals surface area (Å²) in [5.74, 6) is -1.15. The summed E-state index contributed by atoms with van der Waals surface area (Å²) >= 11 is 0. The van der Waals surface area contributed by atoms with Crippen molar-refractivity contribution in [3.8, 4) is 0 Å². The standard InChI is InChI=1S/C15H21FN2O2/c1-10(12-6-13(16)9-17-7-12)18-8-11-4-2-3-5-14(11)15(19)20/h6-7,9-11,14,18H,2-5,8H2,1H3,(H,19,20). The van der Waals surface area contributed by atoms with Gasteiger partial charge in [0, 0.05) is 12.2 Å². The Morgan fingerprint density at radius 1 is 1.50 bits per heavy atom. The van der Waals surface area contributed by atoms with Gasteiger partial charge in [0.25, 0.3) is 0 Å². The van der Waals surface area contributed by atoms with E-state index in [0.29, 0.717) is 6.54 Å². The molecule has 5 heteroatoms. The first-order valence-electron chi connectivity index (χ1n) is 7.14. The van der Waals surface area contributed by atoms with E-state index >= 15 is 0 Å². The van der Waals surface area contributed by atoms with E-state index in [1.165, 1.54) is 12.3 Å². The van der Waals surface area contributed by atoms with Gasteiger partial charge in [0.15, 0.2) is 0 Å². The van der Waals surface area contributed by atoms with E-state index in [9.17, 15) is 14.3 Å². The van der Waals surface area contributed by atoms with Crippen LogP contribution in [-0.4, -0.2) is 22.6 Å². The van der Waals surface area contributed by atoms with Crippen LogP contribution in [0.25, 0.3) is 0 Å². The Kier molecular flexibility index (Phi) is 5.06. The fraction of sp³-hybridized carbons (Fsp3) is 0.600. The SMILES string of the molecule is CC(NCC1CCCCC1C(=O)O)c1cncc(F)c1. The Morgan fingerprint density at radius 3 is 2.95 bits per heavy atom.